The third-order valence-corrected chi connectivity index (χ3v) is 7.17. The Hall–Kier alpha value is -5.10. The Morgan fingerprint density at radius 1 is 0.805 bits per heavy atom. The molecule has 0 radical (unpaired) electrons. The molecule has 0 spiro atoms. The number of aromatic nitrogens is 7. The number of fused-ring (bicyclic) bond motifs is 1. The number of aliphatic imine (C=N–C) groups is 1. The third kappa shape index (κ3) is 4.89. The molecule has 1 aromatic carbocycles. The van der Waals surface area contributed by atoms with Crippen molar-refractivity contribution in [1.29, 1.82) is 0 Å². The van der Waals surface area contributed by atoms with Crippen molar-refractivity contribution in [2.45, 2.75) is 41.5 Å². The number of hydrogen-bond donors (Lipinski definition) is 0. The van der Waals surface area contributed by atoms with Crippen LogP contribution in [-0.4, -0.2) is 52.3 Å². The molecule has 0 amide bonds. The predicted octanol–water partition coefficient (Wildman–Crippen LogP) is 5.06. The Bertz CT molecular complexity index is 1800. The van der Waals surface area contributed by atoms with Crippen molar-refractivity contribution in [3.05, 3.63) is 106 Å². The summed E-state index contributed by atoms with van der Waals surface area (Å²) in [5.74, 6) is 8.80. The summed E-state index contributed by atoms with van der Waals surface area (Å²) in [6, 6.07) is 14.0. The minimum Gasteiger partial charge on any atom is -0.335 e. The predicted molar refractivity (Wildman–Crippen MR) is 159 cm³/mol. The zero-order valence-corrected chi connectivity index (χ0v) is 24.3. The largest absolute Gasteiger partial charge is 0.335 e. The average Bonchev–Trinajstić information content (AvgIpc) is 3.54. The molecule has 9 heteroatoms. The molecule has 2 aliphatic rings. The van der Waals surface area contributed by atoms with E-state index in [1.165, 1.54) is 0 Å². The number of likely N-dealkylation sites (N-methyl/N-ethyl adjacent to an activating group) is 1. The van der Waals surface area contributed by atoms with Crippen molar-refractivity contribution in [3.8, 4) is 23.7 Å². The van der Waals surface area contributed by atoms with E-state index in [0.29, 0.717) is 17.7 Å². The summed E-state index contributed by atoms with van der Waals surface area (Å²) in [7, 11) is 2.00. The Balaban J connectivity index is 1.43. The summed E-state index contributed by atoms with van der Waals surface area (Å²) in [5.41, 5.74) is 7.08. The molecule has 6 rings (SSSR count). The lowest BCUT2D eigenvalue weighted by Gasteiger charge is -2.27. The quantitative estimate of drug-likeness (QED) is 0.337. The van der Waals surface area contributed by atoms with Gasteiger partial charge < -0.3 is 4.90 Å². The Morgan fingerprint density at radius 2 is 1.41 bits per heavy atom. The van der Waals surface area contributed by atoms with Gasteiger partial charge in [-0.2, -0.15) is 25.1 Å². The lowest BCUT2D eigenvalue weighted by molar-refractivity contribution is 0.565. The number of hydrogen-bond acceptors (Lipinski definition) is 7. The third-order valence-electron chi connectivity index (χ3n) is 7.17. The van der Waals surface area contributed by atoms with E-state index < -0.39 is 5.41 Å². The van der Waals surface area contributed by atoms with Gasteiger partial charge in [0.15, 0.2) is 5.82 Å². The molecule has 204 valence electrons. The van der Waals surface area contributed by atoms with Crippen LogP contribution in [0.25, 0.3) is 18.0 Å². The molecular formula is C32H31N9. The van der Waals surface area contributed by atoms with Crippen LogP contribution in [0.5, 0.6) is 0 Å². The second kappa shape index (κ2) is 9.82. The van der Waals surface area contributed by atoms with E-state index in [4.69, 9.17) is 19.9 Å². The summed E-state index contributed by atoms with van der Waals surface area (Å²) in [6.07, 6.45) is 6.08. The molecule has 0 saturated heterocycles. The molecule has 41 heavy (non-hydrogen) atoms. The van der Waals surface area contributed by atoms with E-state index in [2.05, 4.69) is 42.0 Å². The van der Waals surface area contributed by atoms with Crippen LogP contribution in [0.4, 0.5) is 0 Å². The van der Waals surface area contributed by atoms with Crippen LogP contribution < -0.4 is 0 Å². The molecule has 0 aliphatic carbocycles. The van der Waals surface area contributed by atoms with Crippen molar-refractivity contribution < 1.29 is 0 Å². The standard InChI is InChI=1S/C32H31N9/c1-20-15-22(3)40(37-20)30-34-28(35-31(36-30)41-23(4)16-21(2)38-41)18-27-32(5,6)26-17-25(19-39(7)29(26)33-27)14-13-24-11-9-8-10-12-24/h8-12,15-19H,1-7H3. The van der Waals surface area contributed by atoms with E-state index in [1.54, 1.807) is 9.36 Å². The van der Waals surface area contributed by atoms with Crippen LogP contribution in [-0.2, 0) is 0 Å². The van der Waals surface area contributed by atoms with Gasteiger partial charge in [-0.15, -0.1) is 0 Å². The van der Waals surface area contributed by atoms with Gasteiger partial charge in [0.2, 0.25) is 0 Å². The fraction of sp³-hybridized carbons (Fsp3) is 0.250. The molecule has 0 fully saturated rings. The van der Waals surface area contributed by atoms with Gasteiger partial charge in [0.1, 0.15) is 5.84 Å². The van der Waals surface area contributed by atoms with Crippen LogP contribution in [0.3, 0.4) is 0 Å². The van der Waals surface area contributed by atoms with E-state index in [9.17, 15) is 0 Å². The van der Waals surface area contributed by atoms with Crippen molar-refractivity contribution >= 4 is 11.9 Å². The van der Waals surface area contributed by atoms with Gasteiger partial charge in [-0.05, 0) is 58.0 Å². The summed E-state index contributed by atoms with van der Waals surface area (Å²) in [5, 5.41) is 9.22. The summed E-state index contributed by atoms with van der Waals surface area (Å²) in [6.45, 7) is 12.2. The van der Waals surface area contributed by atoms with Crippen LogP contribution in [0.1, 0.15) is 48.0 Å². The van der Waals surface area contributed by atoms with Crippen molar-refractivity contribution in [3.63, 3.8) is 0 Å². The number of allylic oxidation sites excluding steroid dienone is 3. The highest BCUT2D eigenvalue weighted by atomic mass is 15.4. The van der Waals surface area contributed by atoms with Gasteiger partial charge in [0.25, 0.3) is 11.9 Å². The van der Waals surface area contributed by atoms with Crippen LogP contribution in [0.2, 0.25) is 0 Å². The monoisotopic (exact) mass is 541 g/mol. The second-order valence-corrected chi connectivity index (χ2v) is 10.9. The van der Waals surface area contributed by atoms with E-state index in [0.717, 1.165) is 51.0 Å². The zero-order chi connectivity index (χ0) is 28.9. The normalized spacial score (nSPS) is 16.6. The van der Waals surface area contributed by atoms with E-state index in [-0.39, 0.29) is 0 Å². The van der Waals surface area contributed by atoms with E-state index >= 15 is 0 Å². The highest BCUT2D eigenvalue weighted by molar-refractivity contribution is 6.06. The summed E-state index contributed by atoms with van der Waals surface area (Å²) < 4.78 is 3.47. The topological polar surface area (TPSA) is 89.9 Å². The SMILES string of the molecule is Cc1cc(C)n(-c2nc(C=C3N=C4C(=CC(C#Cc5ccccc5)=CN4C)C3(C)C)nc(-n3nc(C)cc3C)n2)n1. The maximum atomic E-state index is 5.04. The highest BCUT2D eigenvalue weighted by Gasteiger charge is 2.40. The average molecular weight is 542 g/mol. The molecular weight excluding hydrogens is 510 g/mol. The van der Waals surface area contributed by atoms with Crippen LogP contribution in [0, 0.1) is 45.0 Å². The molecule has 0 saturated carbocycles. The molecule has 4 aromatic rings. The number of rotatable bonds is 3. The first-order chi connectivity index (χ1) is 19.6. The maximum absolute atomic E-state index is 5.04. The molecule has 0 atom stereocenters. The van der Waals surface area contributed by atoms with Gasteiger partial charge in [0, 0.05) is 52.8 Å². The Kier molecular flexibility index (Phi) is 6.26. The van der Waals surface area contributed by atoms with Gasteiger partial charge in [-0.3, -0.25) is 0 Å². The first kappa shape index (κ1) is 26.1. The molecule has 5 heterocycles. The number of benzene rings is 1. The van der Waals surface area contributed by atoms with Gasteiger partial charge in [-0.25, -0.2) is 14.4 Å². The second-order valence-electron chi connectivity index (χ2n) is 10.9. The maximum Gasteiger partial charge on any atom is 0.256 e. The number of aryl methyl sites for hydroxylation is 4. The van der Waals surface area contributed by atoms with Gasteiger partial charge in [-0.1, -0.05) is 43.9 Å². The highest BCUT2D eigenvalue weighted by Crippen LogP contribution is 2.45. The molecule has 2 aliphatic heterocycles. The molecule has 9 nitrogen and oxygen atoms in total. The Labute approximate surface area is 239 Å². The summed E-state index contributed by atoms with van der Waals surface area (Å²) in [4.78, 5) is 21.4. The smallest absolute Gasteiger partial charge is 0.256 e. The van der Waals surface area contributed by atoms with Crippen LogP contribution >= 0.6 is 0 Å². The zero-order valence-electron chi connectivity index (χ0n) is 24.3. The minimum atomic E-state index is -0.402. The van der Waals surface area contributed by atoms with Gasteiger partial charge >= 0.3 is 0 Å². The summed E-state index contributed by atoms with van der Waals surface area (Å²) >= 11 is 0. The molecule has 0 bridgehead atoms. The molecule has 3 aromatic heterocycles. The Morgan fingerprint density at radius 3 is 1.98 bits per heavy atom. The lowest BCUT2D eigenvalue weighted by atomic mass is 9.81. The minimum absolute atomic E-state index is 0.402. The fourth-order valence-electron chi connectivity index (χ4n) is 5.06. The van der Waals surface area contributed by atoms with E-state index in [1.807, 2.05) is 94.4 Å². The first-order valence-corrected chi connectivity index (χ1v) is 13.5. The van der Waals surface area contributed by atoms with Crippen molar-refractivity contribution in [2.24, 2.45) is 10.4 Å². The first-order valence-electron chi connectivity index (χ1n) is 13.5. The fourth-order valence-corrected chi connectivity index (χ4v) is 5.06. The van der Waals surface area contributed by atoms with Crippen molar-refractivity contribution in [1.82, 2.24) is 39.4 Å². The number of amidine groups is 1. The van der Waals surface area contributed by atoms with Crippen molar-refractivity contribution in [2.75, 3.05) is 7.05 Å². The molecule has 0 N–H and O–H groups in total. The van der Waals surface area contributed by atoms with Gasteiger partial charge in [0.05, 0.1) is 17.1 Å². The number of nitrogens with zero attached hydrogens (tertiary/aromatic N) is 9. The van der Waals surface area contributed by atoms with Crippen LogP contribution in [0.15, 0.2) is 76.6 Å². The molecule has 0 unspecified atom stereocenters. The lowest BCUT2D eigenvalue weighted by Crippen LogP contribution is -2.28.